The Hall–Kier alpha value is -1.80. The van der Waals surface area contributed by atoms with E-state index in [9.17, 15) is 18.9 Å². The van der Waals surface area contributed by atoms with Crippen molar-refractivity contribution in [2.75, 3.05) is 12.0 Å². The van der Waals surface area contributed by atoms with Crippen molar-refractivity contribution in [2.24, 2.45) is 5.84 Å². The van der Waals surface area contributed by atoms with E-state index in [1.165, 1.54) is 18.2 Å². The Morgan fingerprint density at radius 1 is 1.53 bits per heavy atom. The number of hydrogen-bond acceptors (Lipinski definition) is 5. The number of alkyl halides is 2. The Kier molecular flexibility index (Phi) is 4.73. The third-order valence-electron chi connectivity index (χ3n) is 1.96. The highest BCUT2D eigenvalue weighted by Gasteiger charge is 2.11. The number of nitrogens with two attached hydrogens (primary N) is 1. The van der Waals surface area contributed by atoms with E-state index in [1.807, 2.05) is 0 Å². The van der Waals surface area contributed by atoms with Gasteiger partial charge in [0.05, 0.1) is 17.2 Å². The first-order chi connectivity index (χ1) is 8.04. The minimum absolute atomic E-state index is 0.153. The lowest BCUT2D eigenvalue weighted by molar-refractivity contribution is -0.384. The van der Waals surface area contributed by atoms with Crippen LogP contribution in [-0.2, 0) is 11.3 Å². The molecule has 1 aromatic rings. The van der Waals surface area contributed by atoms with E-state index in [1.54, 1.807) is 0 Å². The highest BCUT2D eigenvalue weighted by atomic mass is 19.3. The summed E-state index contributed by atoms with van der Waals surface area (Å²) in [4.78, 5) is 9.94. The van der Waals surface area contributed by atoms with Gasteiger partial charge in [-0.15, -0.1) is 0 Å². The molecule has 0 bridgehead atoms. The highest BCUT2D eigenvalue weighted by Crippen LogP contribution is 2.22. The van der Waals surface area contributed by atoms with Gasteiger partial charge in [0.25, 0.3) is 12.1 Å². The number of non-ortho nitro benzene ring substituents is 1. The molecule has 17 heavy (non-hydrogen) atoms. The minimum Gasteiger partial charge on any atom is -0.371 e. The van der Waals surface area contributed by atoms with Crippen molar-refractivity contribution >= 4 is 11.4 Å². The second-order valence-electron chi connectivity index (χ2n) is 3.15. The second kappa shape index (κ2) is 6.06. The fourth-order valence-electron chi connectivity index (χ4n) is 1.21. The number of ether oxygens (including phenoxy) is 1. The lowest BCUT2D eigenvalue weighted by Gasteiger charge is -2.09. The van der Waals surface area contributed by atoms with Gasteiger partial charge in [-0.2, -0.15) is 0 Å². The monoisotopic (exact) mass is 247 g/mol. The predicted molar refractivity (Wildman–Crippen MR) is 56.6 cm³/mol. The number of nitro benzene ring substituents is 1. The van der Waals surface area contributed by atoms with Crippen LogP contribution < -0.4 is 11.3 Å². The number of nitro groups is 1. The molecule has 0 fully saturated rings. The van der Waals surface area contributed by atoms with E-state index in [-0.39, 0.29) is 12.3 Å². The maximum absolute atomic E-state index is 11.9. The fraction of sp³-hybridized carbons (Fsp3) is 0.333. The Bertz CT molecular complexity index is 401. The smallest absolute Gasteiger partial charge is 0.269 e. The van der Waals surface area contributed by atoms with Crippen LogP contribution in [0, 0.1) is 10.1 Å². The topological polar surface area (TPSA) is 90.4 Å². The first-order valence-electron chi connectivity index (χ1n) is 4.64. The van der Waals surface area contributed by atoms with Gasteiger partial charge in [-0.05, 0) is 6.07 Å². The molecule has 1 rings (SSSR count). The van der Waals surface area contributed by atoms with Crippen molar-refractivity contribution in [2.45, 2.75) is 13.0 Å². The van der Waals surface area contributed by atoms with Gasteiger partial charge in [0.2, 0.25) is 0 Å². The molecule has 3 N–H and O–H groups in total. The number of halogens is 2. The maximum atomic E-state index is 11.9. The molecule has 0 spiro atoms. The Labute approximate surface area is 95.5 Å². The van der Waals surface area contributed by atoms with E-state index in [0.29, 0.717) is 11.3 Å². The van der Waals surface area contributed by atoms with Crippen LogP contribution in [0.5, 0.6) is 0 Å². The summed E-state index contributed by atoms with van der Waals surface area (Å²) < 4.78 is 28.4. The molecule has 8 heteroatoms. The first kappa shape index (κ1) is 13.3. The molecule has 0 unspecified atom stereocenters. The molecule has 0 atom stereocenters. The normalized spacial score (nSPS) is 10.6. The number of hydrogen-bond donors (Lipinski definition) is 2. The molecule has 94 valence electrons. The van der Waals surface area contributed by atoms with Crippen molar-refractivity contribution in [3.8, 4) is 0 Å². The zero-order valence-electron chi connectivity index (χ0n) is 8.73. The van der Waals surface area contributed by atoms with Crippen LogP contribution in [0.4, 0.5) is 20.2 Å². The zero-order valence-corrected chi connectivity index (χ0v) is 8.73. The molecular weight excluding hydrogens is 236 g/mol. The summed E-state index contributed by atoms with van der Waals surface area (Å²) in [7, 11) is 0. The fourth-order valence-corrected chi connectivity index (χ4v) is 1.21. The molecule has 0 radical (unpaired) electrons. The number of benzene rings is 1. The standard InChI is InChI=1S/C9H11F2N3O3/c10-9(11)5-17-4-6-3-7(14(15)16)1-2-8(6)13-12/h1-3,9,13H,4-5,12H2. The zero-order chi connectivity index (χ0) is 12.8. The Morgan fingerprint density at radius 3 is 2.76 bits per heavy atom. The number of hydrazine groups is 1. The van der Waals surface area contributed by atoms with E-state index < -0.39 is 18.0 Å². The quantitative estimate of drug-likeness (QED) is 0.453. The SMILES string of the molecule is NNc1ccc([N+](=O)[O-])cc1COCC(F)F. The lowest BCUT2D eigenvalue weighted by atomic mass is 10.1. The van der Waals surface area contributed by atoms with Gasteiger partial charge in [0.1, 0.15) is 6.61 Å². The largest absolute Gasteiger partial charge is 0.371 e. The van der Waals surface area contributed by atoms with Crippen molar-refractivity contribution in [1.82, 2.24) is 0 Å². The number of nitrogens with zero attached hydrogens (tertiary/aromatic N) is 1. The van der Waals surface area contributed by atoms with Gasteiger partial charge >= 0.3 is 0 Å². The van der Waals surface area contributed by atoms with Crippen molar-refractivity contribution in [3.05, 3.63) is 33.9 Å². The van der Waals surface area contributed by atoms with Gasteiger partial charge < -0.3 is 10.2 Å². The van der Waals surface area contributed by atoms with Gasteiger partial charge in [-0.25, -0.2) is 8.78 Å². The van der Waals surface area contributed by atoms with Crippen LogP contribution in [0.2, 0.25) is 0 Å². The Balaban J connectivity index is 2.79. The van der Waals surface area contributed by atoms with E-state index >= 15 is 0 Å². The van der Waals surface area contributed by atoms with Gasteiger partial charge in [-0.1, -0.05) is 0 Å². The maximum Gasteiger partial charge on any atom is 0.269 e. The van der Waals surface area contributed by atoms with E-state index in [4.69, 9.17) is 10.6 Å². The number of anilines is 1. The lowest BCUT2D eigenvalue weighted by Crippen LogP contribution is -2.11. The number of nitrogen functional groups attached to an aromatic ring is 1. The van der Waals surface area contributed by atoms with Crippen LogP contribution in [0.3, 0.4) is 0 Å². The predicted octanol–water partition coefficient (Wildman–Crippen LogP) is 1.66. The molecule has 0 aliphatic heterocycles. The van der Waals surface area contributed by atoms with E-state index in [0.717, 1.165) is 0 Å². The average molecular weight is 247 g/mol. The molecule has 0 heterocycles. The number of nitrogens with one attached hydrogen (secondary N) is 1. The summed E-state index contributed by atoms with van der Waals surface area (Å²) in [6.07, 6.45) is -2.58. The average Bonchev–Trinajstić information content (AvgIpc) is 2.28. The van der Waals surface area contributed by atoms with Crippen molar-refractivity contribution < 1.29 is 18.4 Å². The second-order valence-corrected chi connectivity index (χ2v) is 3.15. The van der Waals surface area contributed by atoms with Crippen LogP contribution in [0.15, 0.2) is 18.2 Å². The van der Waals surface area contributed by atoms with Crippen LogP contribution in [0.25, 0.3) is 0 Å². The minimum atomic E-state index is -2.58. The molecular formula is C9H11F2N3O3. The first-order valence-corrected chi connectivity index (χ1v) is 4.64. The molecule has 0 aliphatic carbocycles. The molecule has 0 amide bonds. The summed E-state index contributed by atoms with van der Waals surface area (Å²) in [6, 6.07) is 3.87. The number of rotatable bonds is 6. The van der Waals surface area contributed by atoms with Crippen LogP contribution in [0.1, 0.15) is 5.56 Å². The molecule has 0 aromatic heterocycles. The van der Waals surface area contributed by atoms with Crippen molar-refractivity contribution in [1.29, 1.82) is 0 Å². The third kappa shape index (κ3) is 3.93. The van der Waals surface area contributed by atoms with Gasteiger partial charge in [-0.3, -0.25) is 16.0 Å². The molecule has 0 saturated heterocycles. The Morgan fingerprint density at radius 2 is 2.24 bits per heavy atom. The summed E-state index contributed by atoms with van der Waals surface area (Å²) >= 11 is 0. The third-order valence-corrected chi connectivity index (χ3v) is 1.96. The summed E-state index contributed by atoms with van der Waals surface area (Å²) in [5.74, 6) is 5.18. The van der Waals surface area contributed by atoms with Crippen LogP contribution in [-0.4, -0.2) is 18.0 Å². The molecule has 6 nitrogen and oxygen atoms in total. The molecule has 1 aromatic carbocycles. The van der Waals surface area contributed by atoms with Crippen molar-refractivity contribution in [3.63, 3.8) is 0 Å². The summed E-state index contributed by atoms with van der Waals surface area (Å²) in [5, 5.41) is 10.5. The highest BCUT2D eigenvalue weighted by molar-refractivity contribution is 5.55. The molecule has 0 saturated carbocycles. The van der Waals surface area contributed by atoms with Crippen LogP contribution >= 0.6 is 0 Å². The summed E-state index contributed by atoms with van der Waals surface area (Å²) in [6.45, 7) is -0.905. The van der Waals surface area contributed by atoms with E-state index in [2.05, 4.69) is 5.43 Å². The summed E-state index contributed by atoms with van der Waals surface area (Å²) in [5.41, 5.74) is 2.90. The van der Waals surface area contributed by atoms with Gasteiger partial charge in [0.15, 0.2) is 0 Å². The molecule has 0 aliphatic rings. The van der Waals surface area contributed by atoms with Gasteiger partial charge in [0, 0.05) is 17.7 Å².